The molecule has 0 fully saturated rings. The summed E-state index contributed by atoms with van der Waals surface area (Å²) in [5.41, 5.74) is 0. The predicted octanol–water partition coefficient (Wildman–Crippen LogP) is 14.6. The molecule has 0 rings (SSSR count). The Morgan fingerprint density at radius 3 is 1.34 bits per heavy atom. The minimum absolute atomic E-state index is 0.0725. The Morgan fingerprint density at radius 1 is 0.500 bits per heavy atom. The fourth-order valence-electron chi connectivity index (χ4n) is 7.79. The van der Waals surface area contributed by atoms with Crippen molar-refractivity contribution in [3.8, 4) is 0 Å². The van der Waals surface area contributed by atoms with Crippen molar-refractivity contribution in [2.24, 2.45) is 0 Å². The lowest BCUT2D eigenvalue weighted by Crippen LogP contribution is -2.46. The van der Waals surface area contributed by atoms with Gasteiger partial charge in [-0.1, -0.05) is 226 Å². The van der Waals surface area contributed by atoms with Gasteiger partial charge in [-0.3, -0.25) is 9.59 Å². The van der Waals surface area contributed by atoms with E-state index in [0.717, 1.165) is 64.2 Å². The molecule has 0 aromatic rings. The summed E-state index contributed by atoms with van der Waals surface area (Å²) >= 11 is 0. The van der Waals surface area contributed by atoms with E-state index in [9.17, 15) is 19.8 Å². The summed E-state index contributed by atoms with van der Waals surface area (Å²) in [5, 5.41) is 23.7. The maximum absolute atomic E-state index is 13.1. The van der Waals surface area contributed by atoms with Crippen LogP contribution in [0.2, 0.25) is 0 Å². The molecular weight excluding hydrogens is 695 g/mol. The topological polar surface area (TPSA) is 95.9 Å². The number of carbonyl (C=O) groups is 2. The van der Waals surface area contributed by atoms with Gasteiger partial charge in [0, 0.05) is 6.42 Å². The van der Waals surface area contributed by atoms with Crippen LogP contribution in [0.5, 0.6) is 0 Å². The zero-order chi connectivity index (χ0) is 41.0. The van der Waals surface area contributed by atoms with E-state index in [0.29, 0.717) is 19.3 Å². The van der Waals surface area contributed by atoms with Crippen molar-refractivity contribution in [1.82, 2.24) is 5.32 Å². The van der Waals surface area contributed by atoms with Gasteiger partial charge in [0.25, 0.3) is 0 Å². The number of amides is 1. The molecule has 0 saturated heterocycles. The molecule has 0 bridgehead atoms. The molecular formula is C50H97NO5. The number of hydrogen-bond acceptors (Lipinski definition) is 5. The van der Waals surface area contributed by atoms with Crippen LogP contribution in [0.25, 0.3) is 0 Å². The third-order valence-electron chi connectivity index (χ3n) is 11.6. The third kappa shape index (κ3) is 39.4. The maximum atomic E-state index is 13.1. The van der Waals surface area contributed by atoms with Crippen LogP contribution in [-0.4, -0.2) is 46.9 Å². The van der Waals surface area contributed by atoms with E-state index >= 15 is 0 Å². The van der Waals surface area contributed by atoms with Crippen LogP contribution in [0.1, 0.15) is 271 Å². The average Bonchev–Trinajstić information content (AvgIpc) is 3.19. The van der Waals surface area contributed by atoms with E-state index < -0.39 is 18.2 Å². The molecule has 0 aliphatic rings. The van der Waals surface area contributed by atoms with Crippen molar-refractivity contribution in [2.45, 2.75) is 289 Å². The minimum atomic E-state index is -0.784. The molecule has 0 spiro atoms. The largest absolute Gasteiger partial charge is 0.462 e. The molecule has 0 aromatic carbocycles. The highest BCUT2D eigenvalue weighted by Crippen LogP contribution is 2.18. The number of unbranched alkanes of at least 4 members (excludes halogenated alkanes) is 31. The molecule has 0 heterocycles. The molecule has 1 amide bonds. The second kappa shape index (κ2) is 44.7. The van der Waals surface area contributed by atoms with Gasteiger partial charge in [0.1, 0.15) is 6.10 Å². The lowest BCUT2D eigenvalue weighted by Gasteiger charge is -2.24. The van der Waals surface area contributed by atoms with E-state index in [4.69, 9.17) is 4.74 Å². The number of ether oxygens (including phenoxy) is 1. The molecule has 0 aliphatic carbocycles. The number of aliphatic hydroxyl groups excluding tert-OH is 2. The van der Waals surface area contributed by atoms with E-state index in [2.05, 4.69) is 38.2 Å². The fourth-order valence-corrected chi connectivity index (χ4v) is 7.79. The highest BCUT2D eigenvalue weighted by molar-refractivity contribution is 5.77. The smallest absolute Gasteiger partial charge is 0.306 e. The van der Waals surface area contributed by atoms with Crippen LogP contribution >= 0.6 is 0 Å². The Bertz CT molecular complexity index is 847. The highest BCUT2D eigenvalue weighted by Gasteiger charge is 2.24. The number of aliphatic hydroxyl groups is 2. The Hall–Kier alpha value is -1.40. The van der Waals surface area contributed by atoms with Gasteiger partial charge in [-0.2, -0.15) is 0 Å². The molecule has 6 heteroatoms. The molecule has 0 aliphatic heterocycles. The summed E-state index contributed by atoms with van der Waals surface area (Å²) in [5.74, 6) is -0.479. The van der Waals surface area contributed by atoms with Crippen molar-refractivity contribution in [3.05, 3.63) is 12.2 Å². The van der Waals surface area contributed by atoms with Crippen molar-refractivity contribution < 1.29 is 24.5 Å². The second-order valence-electron chi connectivity index (χ2n) is 17.2. The zero-order valence-corrected chi connectivity index (χ0v) is 37.8. The lowest BCUT2D eigenvalue weighted by molar-refractivity contribution is -0.151. The Morgan fingerprint density at radius 2 is 0.893 bits per heavy atom. The number of allylic oxidation sites excluding steroid dienone is 2. The van der Waals surface area contributed by atoms with Crippen LogP contribution in [-0.2, 0) is 14.3 Å². The predicted molar refractivity (Wildman–Crippen MR) is 241 cm³/mol. The lowest BCUT2D eigenvalue weighted by atomic mass is 10.0. The monoisotopic (exact) mass is 792 g/mol. The zero-order valence-electron chi connectivity index (χ0n) is 37.8. The van der Waals surface area contributed by atoms with E-state index in [1.54, 1.807) is 0 Å². The number of esters is 1. The quantitative estimate of drug-likeness (QED) is 0.0324. The van der Waals surface area contributed by atoms with Crippen molar-refractivity contribution >= 4 is 11.9 Å². The van der Waals surface area contributed by atoms with Gasteiger partial charge < -0.3 is 20.3 Å². The van der Waals surface area contributed by atoms with E-state index in [1.807, 2.05) is 0 Å². The standard InChI is InChI=1S/C50H97NO5/c1-4-7-10-13-16-19-21-23-24-25-27-29-31-34-37-40-43-50(55)56-46(41-38-35-32-18-15-12-9-6-3)44-49(54)51-47(45-52)48(53)42-39-36-33-30-28-26-22-20-17-14-11-8-5-2/h12,15,46-48,52-53H,4-11,13-14,16-45H2,1-3H3,(H,51,54)/b15-12-. The molecule has 3 unspecified atom stereocenters. The SMILES string of the molecule is CCC/C=C\CCCCCC(CC(=O)NC(CO)C(O)CCCCCCCCCCCCCCC)OC(=O)CCCCCCCCCCCCCCCCCC. The van der Waals surface area contributed by atoms with Crippen LogP contribution in [0.4, 0.5) is 0 Å². The number of hydrogen-bond donors (Lipinski definition) is 3. The van der Waals surface area contributed by atoms with Gasteiger partial charge in [0.15, 0.2) is 0 Å². The summed E-state index contributed by atoms with van der Waals surface area (Å²) in [6.07, 6.45) is 48.5. The molecule has 3 atom stereocenters. The summed E-state index contributed by atoms with van der Waals surface area (Å²) in [6, 6.07) is -0.698. The third-order valence-corrected chi connectivity index (χ3v) is 11.6. The maximum Gasteiger partial charge on any atom is 0.306 e. The number of carbonyl (C=O) groups excluding carboxylic acids is 2. The van der Waals surface area contributed by atoms with Gasteiger partial charge in [0.2, 0.25) is 5.91 Å². The van der Waals surface area contributed by atoms with Crippen LogP contribution < -0.4 is 5.32 Å². The summed E-state index contributed by atoms with van der Waals surface area (Å²) in [7, 11) is 0. The molecule has 332 valence electrons. The van der Waals surface area contributed by atoms with Gasteiger partial charge in [0.05, 0.1) is 25.2 Å². The number of rotatable bonds is 45. The van der Waals surface area contributed by atoms with E-state index in [-0.39, 0.29) is 24.9 Å². The first-order valence-corrected chi connectivity index (χ1v) is 24.9. The van der Waals surface area contributed by atoms with Gasteiger partial charge >= 0.3 is 5.97 Å². The Kier molecular flexibility index (Phi) is 43.6. The van der Waals surface area contributed by atoms with Crippen molar-refractivity contribution in [2.75, 3.05) is 6.61 Å². The first-order valence-electron chi connectivity index (χ1n) is 24.9. The number of nitrogens with one attached hydrogen (secondary N) is 1. The second-order valence-corrected chi connectivity index (χ2v) is 17.2. The molecule has 56 heavy (non-hydrogen) atoms. The summed E-state index contributed by atoms with van der Waals surface area (Å²) in [6.45, 7) is 6.42. The van der Waals surface area contributed by atoms with Crippen LogP contribution in [0.3, 0.4) is 0 Å². The average molecular weight is 792 g/mol. The molecule has 3 N–H and O–H groups in total. The van der Waals surface area contributed by atoms with Crippen LogP contribution in [0.15, 0.2) is 12.2 Å². The van der Waals surface area contributed by atoms with Gasteiger partial charge in [-0.05, 0) is 44.9 Å². The molecule has 0 aromatic heterocycles. The molecule has 6 nitrogen and oxygen atoms in total. The molecule has 0 saturated carbocycles. The first-order chi connectivity index (χ1) is 27.5. The summed E-state index contributed by atoms with van der Waals surface area (Å²) < 4.78 is 5.89. The summed E-state index contributed by atoms with van der Waals surface area (Å²) in [4.78, 5) is 26.0. The van der Waals surface area contributed by atoms with Crippen molar-refractivity contribution in [3.63, 3.8) is 0 Å². The first kappa shape index (κ1) is 54.6. The Balaban J connectivity index is 4.39. The Labute approximate surface area is 349 Å². The van der Waals surface area contributed by atoms with E-state index in [1.165, 1.54) is 161 Å². The van der Waals surface area contributed by atoms with Gasteiger partial charge in [-0.25, -0.2) is 0 Å². The van der Waals surface area contributed by atoms with Crippen LogP contribution in [0, 0.1) is 0 Å². The van der Waals surface area contributed by atoms with Gasteiger partial charge in [-0.15, -0.1) is 0 Å². The highest BCUT2D eigenvalue weighted by atomic mass is 16.5. The van der Waals surface area contributed by atoms with Crippen molar-refractivity contribution in [1.29, 1.82) is 0 Å². The normalized spacial score (nSPS) is 13.3. The molecule has 0 radical (unpaired) electrons. The minimum Gasteiger partial charge on any atom is -0.462 e. The fraction of sp³-hybridized carbons (Fsp3) is 0.920.